The SMILES string of the molecule is CCNC(=O)C1CCC(n2cnnc2-c2ccc(-c3ccc(CNC)cc3)cc2)C1. The number of nitrogens with zero attached hydrogens (tertiary/aromatic N) is 3. The molecule has 4 rings (SSSR count). The average Bonchev–Trinajstić information content (AvgIpc) is 3.45. The summed E-state index contributed by atoms with van der Waals surface area (Å²) in [6.07, 6.45) is 4.53. The van der Waals surface area contributed by atoms with Crippen LogP contribution in [0.1, 0.15) is 37.8 Å². The molecule has 156 valence electrons. The van der Waals surface area contributed by atoms with E-state index in [-0.39, 0.29) is 17.9 Å². The normalized spacial score (nSPS) is 18.5. The second kappa shape index (κ2) is 9.22. The van der Waals surface area contributed by atoms with Gasteiger partial charge in [0.2, 0.25) is 5.91 Å². The molecule has 2 aromatic carbocycles. The van der Waals surface area contributed by atoms with Gasteiger partial charge in [-0.3, -0.25) is 4.79 Å². The minimum absolute atomic E-state index is 0.0819. The highest BCUT2D eigenvalue weighted by molar-refractivity contribution is 5.79. The zero-order chi connectivity index (χ0) is 20.9. The van der Waals surface area contributed by atoms with Gasteiger partial charge in [0.1, 0.15) is 6.33 Å². The number of amides is 1. The molecule has 3 aromatic rings. The second-order valence-electron chi connectivity index (χ2n) is 7.92. The fourth-order valence-corrected chi connectivity index (χ4v) is 4.31. The summed E-state index contributed by atoms with van der Waals surface area (Å²) in [7, 11) is 1.96. The highest BCUT2D eigenvalue weighted by atomic mass is 16.1. The summed E-state index contributed by atoms with van der Waals surface area (Å²) in [4.78, 5) is 12.2. The summed E-state index contributed by atoms with van der Waals surface area (Å²) in [5.41, 5.74) is 4.69. The molecule has 1 saturated carbocycles. The molecule has 1 aromatic heterocycles. The third kappa shape index (κ3) is 4.28. The molecular formula is C24H29N5O. The molecule has 2 atom stereocenters. The van der Waals surface area contributed by atoms with E-state index in [0.717, 1.165) is 37.2 Å². The molecule has 1 heterocycles. The van der Waals surface area contributed by atoms with Gasteiger partial charge in [0.25, 0.3) is 0 Å². The highest BCUT2D eigenvalue weighted by Crippen LogP contribution is 2.37. The Balaban J connectivity index is 1.49. The molecule has 1 aliphatic rings. The van der Waals surface area contributed by atoms with Gasteiger partial charge >= 0.3 is 0 Å². The van der Waals surface area contributed by atoms with E-state index in [2.05, 4.69) is 73.9 Å². The molecule has 0 radical (unpaired) electrons. The van der Waals surface area contributed by atoms with Crippen molar-refractivity contribution in [1.29, 1.82) is 0 Å². The largest absolute Gasteiger partial charge is 0.356 e. The minimum Gasteiger partial charge on any atom is -0.356 e. The Labute approximate surface area is 177 Å². The van der Waals surface area contributed by atoms with E-state index in [1.165, 1.54) is 16.7 Å². The predicted octanol–water partition coefficient (Wildman–Crippen LogP) is 3.81. The molecule has 0 saturated heterocycles. The van der Waals surface area contributed by atoms with E-state index in [1.54, 1.807) is 6.33 Å². The van der Waals surface area contributed by atoms with Gasteiger partial charge in [0.05, 0.1) is 0 Å². The third-order valence-electron chi connectivity index (χ3n) is 5.90. The molecule has 1 amide bonds. The number of aromatic nitrogens is 3. The quantitative estimate of drug-likeness (QED) is 0.629. The van der Waals surface area contributed by atoms with Crippen molar-refractivity contribution in [2.75, 3.05) is 13.6 Å². The lowest BCUT2D eigenvalue weighted by molar-refractivity contribution is -0.124. The third-order valence-corrected chi connectivity index (χ3v) is 5.90. The van der Waals surface area contributed by atoms with Gasteiger partial charge in [-0.2, -0.15) is 0 Å². The van der Waals surface area contributed by atoms with Gasteiger partial charge in [0, 0.05) is 30.6 Å². The lowest BCUT2D eigenvalue weighted by Crippen LogP contribution is -2.29. The molecule has 30 heavy (non-hydrogen) atoms. The van der Waals surface area contributed by atoms with E-state index >= 15 is 0 Å². The van der Waals surface area contributed by atoms with Crippen molar-refractivity contribution in [2.45, 2.75) is 38.8 Å². The fraction of sp³-hybridized carbons (Fsp3) is 0.375. The zero-order valence-electron chi connectivity index (χ0n) is 17.6. The Morgan fingerprint density at radius 3 is 2.37 bits per heavy atom. The number of benzene rings is 2. The first-order valence-corrected chi connectivity index (χ1v) is 10.7. The molecule has 1 aliphatic carbocycles. The number of nitrogens with one attached hydrogen (secondary N) is 2. The number of hydrogen-bond donors (Lipinski definition) is 2. The number of carbonyl (C=O) groups excluding carboxylic acids is 1. The second-order valence-corrected chi connectivity index (χ2v) is 7.92. The maximum atomic E-state index is 12.2. The molecule has 0 aliphatic heterocycles. The summed E-state index contributed by atoms with van der Waals surface area (Å²) in [6, 6.07) is 17.4. The van der Waals surface area contributed by atoms with E-state index < -0.39 is 0 Å². The van der Waals surface area contributed by atoms with Gasteiger partial charge < -0.3 is 15.2 Å². The van der Waals surface area contributed by atoms with Crippen LogP contribution < -0.4 is 10.6 Å². The lowest BCUT2D eigenvalue weighted by atomic mass is 10.0. The van der Waals surface area contributed by atoms with Gasteiger partial charge in [-0.05, 0) is 49.9 Å². The van der Waals surface area contributed by atoms with Gasteiger partial charge in [-0.25, -0.2) is 0 Å². The van der Waals surface area contributed by atoms with Crippen LogP contribution in [-0.2, 0) is 11.3 Å². The number of hydrogen-bond acceptors (Lipinski definition) is 4. The molecule has 2 unspecified atom stereocenters. The van der Waals surface area contributed by atoms with Crippen LogP contribution in [0.4, 0.5) is 0 Å². The molecular weight excluding hydrogens is 374 g/mol. The highest BCUT2D eigenvalue weighted by Gasteiger charge is 2.31. The first-order valence-electron chi connectivity index (χ1n) is 10.7. The summed E-state index contributed by atoms with van der Waals surface area (Å²) >= 11 is 0. The first-order chi connectivity index (χ1) is 14.7. The number of rotatable bonds is 7. The first kappa shape index (κ1) is 20.3. The van der Waals surface area contributed by atoms with Crippen LogP contribution in [0, 0.1) is 5.92 Å². The van der Waals surface area contributed by atoms with Gasteiger partial charge in [0.15, 0.2) is 5.82 Å². The van der Waals surface area contributed by atoms with Crippen molar-refractivity contribution in [3.63, 3.8) is 0 Å². The molecule has 0 spiro atoms. The number of carbonyl (C=O) groups is 1. The van der Waals surface area contributed by atoms with E-state index in [0.29, 0.717) is 6.54 Å². The maximum absolute atomic E-state index is 12.2. The zero-order valence-corrected chi connectivity index (χ0v) is 17.6. The van der Waals surface area contributed by atoms with Crippen LogP contribution in [-0.4, -0.2) is 34.3 Å². The van der Waals surface area contributed by atoms with E-state index in [4.69, 9.17) is 0 Å². The summed E-state index contributed by atoms with van der Waals surface area (Å²) in [5, 5.41) is 14.7. The maximum Gasteiger partial charge on any atom is 0.223 e. The van der Waals surface area contributed by atoms with Gasteiger partial charge in [-0.1, -0.05) is 48.5 Å². The average molecular weight is 404 g/mol. The topological polar surface area (TPSA) is 71.8 Å². The van der Waals surface area contributed by atoms with Crippen LogP contribution in [0.25, 0.3) is 22.5 Å². The molecule has 0 bridgehead atoms. The van der Waals surface area contributed by atoms with Crippen molar-refractivity contribution < 1.29 is 4.79 Å². The molecule has 6 heteroatoms. The molecule has 6 nitrogen and oxygen atoms in total. The summed E-state index contributed by atoms with van der Waals surface area (Å²) < 4.78 is 2.14. The Kier molecular flexibility index (Phi) is 6.23. The fourth-order valence-electron chi connectivity index (χ4n) is 4.31. The van der Waals surface area contributed by atoms with Crippen LogP contribution in [0.2, 0.25) is 0 Å². The van der Waals surface area contributed by atoms with Crippen molar-refractivity contribution in [2.24, 2.45) is 5.92 Å². The van der Waals surface area contributed by atoms with E-state index in [9.17, 15) is 4.79 Å². The van der Waals surface area contributed by atoms with E-state index in [1.807, 2.05) is 14.0 Å². The van der Waals surface area contributed by atoms with Crippen molar-refractivity contribution in [3.05, 3.63) is 60.4 Å². The smallest absolute Gasteiger partial charge is 0.223 e. The lowest BCUT2D eigenvalue weighted by Gasteiger charge is -2.15. The Morgan fingerprint density at radius 1 is 1.03 bits per heavy atom. The van der Waals surface area contributed by atoms with Crippen LogP contribution in [0.15, 0.2) is 54.9 Å². The van der Waals surface area contributed by atoms with Crippen molar-refractivity contribution >= 4 is 5.91 Å². The summed E-state index contributed by atoms with van der Waals surface area (Å²) in [6.45, 7) is 3.52. The van der Waals surface area contributed by atoms with Crippen molar-refractivity contribution in [3.8, 4) is 22.5 Å². The summed E-state index contributed by atoms with van der Waals surface area (Å²) in [5.74, 6) is 1.12. The van der Waals surface area contributed by atoms with Crippen LogP contribution in [0.5, 0.6) is 0 Å². The monoisotopic (exact) mass is 403 g/mol. The minimum atomic E-state index is 0.0819. The van der Waals surface area contributed by atoms with Crippen LogP contribution in [0.3, 0.4) is 0 Å². The Hall–Kier alpha value is -2.99. The standard InChI is InChI=1S/C24H29N5O/c1-3-26-24(30)21-12-13-22(14-21)29-16-27-28-23(29)20-10-8-19(9-11-20)18-6-4-17(5-7-18)15-25-2/h4-11,16,21-22,25H,3,12-15H2,1-2H3,(H,26,30). The van der Waals surface area contributed by atoms with Gasteiger partial charge in [-0.15, -0.1) is 10.2 Å². The molecule has 1 fully saturated rings. The Morgan fingerprint density at radius 2 is 1.70 bits per heavy atom. The van der Waals surface area contributed by atoms with Crippen molar-refractivity contribution in [1.82, 2.24) is 25.4 Å². The Bertz CT molecular complexity index is 978. The molecule has 2 N–H and O–H groups in total. The van der Waals surface area contributed by atoms with Crippen LogP contribution >= 0.6 is 0 Å². The predicted molar refractivity (Wildman–Crippen MR) is 119 cm³/mol.